The molecule has 0 spiro atoms. The molecular weight excluding hydrogens is 442 g/mol. The molecule has 9 nitrogen and oxygen atoms in total. The Morgan fingerprint density at radius 1 is 1.15 bits per heavy atom. The van der Waals surface area contributed by atoms with Gasteiger partial charge in [0.15, 0.2) is 0 Å². The zero-order valence-corrected chi connectivity index (χ0v) is 18.9. The number of aromatic nitrogens is 3. The summed E-state index contributed by atoms with van der Waals surface area (Å²) in [6.45, 7) is 4.75. The highest BCUT2D eigenvalue weighted by atomic mass is 32.1. The number of carbonyl (C=O) groups is 2. The summed E-state index contributed by atoms with van der Waals surface area (Å²) >= 11 is 1.53. The molecule has 10 heteroatoms. The average molecular weight is 468 g/mol. The van der Waals surface area contributed by atoms with Gasteiger partial charge in [-0.05, 0) is 17.5 Å². The number of piperidine rings is 1. The van der Waals surface area contributed by atoms with Gasteiger partial charge in [-0.15, -0.1) is 16.4 Å². The van der Waals surface area contributed by atoms with E-state index in [2.05, 4.69) is 38.7 Å². The Morgan fingerprint density at radius 2 is 1.97 bits per heavy atom. The zero-order chi connectivity index (χ0) is 22.6. The van der Waals surface area contributed by atoms with Gasteiger partial charge >= 0.3 is 0 Å². The number of hydrogen-bond donors (Lipinski definition) is 1. The second kappa shape index (κ2) is 9.82. The van der Waals surface area contributed by atoms with E-state index in [-0.39, 0.29) is 11.8 Å². The number of ether oxygens (including phenoxy) is 2. The summed E-state index contributed by atoms with van der Waals surface area (Å²) in [6, 6.07) is 7.80. The molecule has 172 valence electrons. The standard InChI is InChI=1S/C23H25N5O4S/c29-22-6-5-20(23(30)24-22)28-12-19(25-26-28)18-14-33-15-21(18)32-13-17-4-2-1-3-16(17)11-27-7-9-31-10-8-27/h1-4,12,14-15,20H,5-11,13H2,(H,24,29,30). The van der Waals surface area contributed by atoms with Crippen molar-refractivity contribution < 1.29 is 19.1 Å². The van der Waals surface area contributed by atoms with Crippen molar-refractivity contribution in [3.8, 4) is 17.0 Å². The van der Waals surface area contributed by atoms with Crippen molar-refractivity contribution in [1.82, 2.24) is 25.2 Å². The fourth-order valence-corrected chi connectivity index (χ4v) is 4.84. The van der Waals surface area contributed by atoms with Crippen molar-refractivity contribution in [2.75, 3.05) is 26.3 Å². The SMILES string of the molecule is O=C1CCC(n2cc(-c3cscc3OCc3ccccc3CN3CCOCC3)nn2)C(=O)N1. The smallest absolute Gasteiger partial charge is 0.251 e. The predicted molar refractivity (Wildman–Crippen MR) is 122 cm³/mol. The summed E-state index contributed by atoms with van der Waals surface area (Å²) in [5.74, 6) is 0.136. The van der Waals surface area contributed by atoms with Crippen LogP contribution in [0.3, 0.4) is 0 Å². The molecule has 5 rings (SSSR count). The molecule has 2 saturated heterocycles. The van der Waals surface area contributed by atoms with Crippen LogP contribution >= 0.6 is 11.3 Å². The number of carbonyl (C=O) groups excluding carboxylic acids is 2. The van der Waals surface area contributed by atoms with Crippen LogP contribution in [0.4, 0.5) is 0 Å². The van der Waals surface area contributed by atoms with E-state index in [1.165, 1.54) is 21.6 Å². The molecule has 2 aliphatic rings. The number of benzene rings is 1. The molecular formula is C23H25N5O4S. The van der Waals surface area contributed by atoms with Gasteiger partial charge in [-0.25, -0.2) is 4.68 Å². The predicted octanol–water partition coefficient (Wildman–Crippen LogP) is 2.40. The van der Waals surface area contributed by atoms with Crippen molar-refractivity contribution in [1.29, 1.82) is 0 Å². The van der Waals surface area contributed by atoms with Crippen molar-refractivity contribution in [3.05, 3.63) is 52.3 Å². The minimum Gasteiger partial charge on any atom is -0.487 e. The summed E-state index contributed by atoms with van der Waals surface area (Å²) < 4.78 is 13.2. The molecule has 3 aromatic rings. The third kappa shape index (κ3) is 4.97. The molecule has 0 saturated carbocycles. The fourth-order valence-electron chi connectivity index (χ4n) is 4.08. The first-order valence-corrected chi connectivity index (χ1v) is 11.9. The molecule has 1 atom stereocenters. The molecule has 33 heavy (non-hydrogen) atoms. The highest BCUT2D eigenvalue weighted by Gasteiger charge is 2.29. The highest BCUT2D eigenvalue weighted by Crippen LogP contribution is 2.34. The minimum absolute atomic E-state index is 0.251. The van der Waals surface area contributed by atoms with Gasteiger partial charge in [0.2, 0.25) is 5.91 Å². The lowest BCUT2D eigenvalue weighted by molar-refractivity contribution is -0.136. The number of imide groups is 1. The van der Waals surface area contributed by atoms with Gasteiger partial charge in [-0.1, -0.05) is 29.5 Å². The number of nitrogens with one attached hydrogen (secondary N) is 1. The first kappa shape index (κ1) is 21.7. The Bertz CT molecular complexity index is 1140. The van der Waals surface area contributed by atoms with E-state index in [9.17, 15) is 9.59 Å². The van der Waals surface area contributed by atoms with Crippen LogP contribution in [0.15, 0.2) is 41.2 Å². The summed E-state index contributed by atoms with van der Waals surface area (Å²) in [7, 11) is 0. The van der Waals surface area contributed by atoms with E-state index in [1.807, 2.05) is 16.8 Å². The van der Waals surface area contributed by atoms with E-state index in [0.717, 1.165) is 49.7 Å². The molecule has 2 aromatic heterocycles. The lowest BCUT2D eigenvalue weighted by atomic mass is 10.1. The molecule has 4 heterocycles. The second-order valence-corrected chi connectivity index (χ2v) is 8.89. The highest BCUT2D eigenvalue weighted by molar-refractivity contribution is 7.08. The van der Waals surface area contributed by atoms with Crippen molar-refractivity contribution >= 4 is 23.2 Å². The van der Waals surface area contributed by atoms with Crippen LogP contribution in [0.2, 0.25) is 0 Å². The molecule has 1 unspecified atom stereocenters. The maximum Gasteiger partial charge on any atom is 0.251 e. The Hall–Kier alpha value is -3.08. The maximum atomic E-state index is 12.1. The molecule has 0 bridgehead atoms. The summed E-state index contributed by atoms with van der Waals surface area (Å²) in [4.78, 5) is 26.0. The topological polar surface area (TPSA) is 98.6 Å². The lowest BCUT2D eigenvalue weighted by Crippen LogP contribution is -2.41. The van der Waals surface area contributed by atoms with Gasteiger partial charge in [0.25, 0.3) is 5.91 Å². The number of thiophene rings is 1. The summed E-state index contributed by atoms with van der Waals surface area (Å²) in [6.07, 6.45) is 2.45. The van der Waals surface area contributed by atoms with E-state index in [1.54, 1.807) is 6.20 Å². The average Bonchev–Trinajstić information content (AvgIpc) is 3.49. The van der Waals surface area contributed by atoms with Crippen molar-refractivity contribution in [3.63, 3.8) is 0 Å². The minimum atomic E-state index is -0.529. The monoisotopic (exact) mass is 467 g/mol. The quantitative estimate of drug-likeness (QED) is 0.533. The van der Waals surface area contributed by atoms with Gasteiger partial charge < -0.3 is 9.47 Å². The van der Waals surface area contributed by atoms with Gasteiger partial charge in [0, 0.05) is 36.8 Å². The van der Waals surface area contributed by atoms with E-state index >= 15 is 0 Å². The van der Waals surface area contributed by atoms with E-state index in [0.29, 0.717) is 25.1 Å². The van der Waals surface area contributed by atoms with Crippen LogP contribution in [0.1, 0.15) is 30.0 Å². The lowest BCUT2D eigenvalue weighted by Gasteiger charge is -2.27. The van der Waals surface area contributed by atoms with Crippen molar-refractivity contribution in [2.24, 2.45) is 0 Å². The molecule has 1 N–H and O–H groups in total. The zero-order valence-electron chi connectivity index (χ0n) is 18.1. The Kier molecular flexibility index (Phi) is 6.47. The van der Waals surface area contributed by atoms with Crippen LogP contribution in [0.25, 0.3) is 11.3 Å². The number of morpholine rings is 1. The molecule has 2 aliphatic heterocycles. The van der Waals surface area contributed by atoms with Gasteiger partial charge in [-0.2, -0.15) is 0 Å². The number of rotatable bonds is 7. The van der Waals surface area contributed by atoms with E-state index < -0.39 is 6.04 Å². The molecule has 2 amide bonds. The molecule has 0 aliphatic carbocycles. The maximum absolute atomic E-state index is 12.1. The van der Waals surface area contributed by atoms with Crippen LogP contribution in [-0.4, -0.2) is 58.0 Å². The fraction of sp³-hybridized carbons (Fsp3) is 0.391. The molecule has 2 fully saturated rings. The molecule has 1 aromatic carbocycles. The Morgan fingerprint density at radius 3 is 2.79 bits per heavy atom. The molecule has 0 radical (unpaired) electrons. The summed E-state index contributed by atoms with van der Waals surface area (Å²) in [5, 5.41) is 14.7. The number of hydrogen-bond acceptors (Lipinski definition) is 8. The largest absolute Gasteiger partial charge is 0.487 e. The third-order valence-electron chi connectivity index (χ3n) is 5.94. The first-order valence-electron chi connectivity index (χ1n) is 11.0. The van der Waals surface area contributed by atoms with Crippen molar-refractivity contribution in [2.45, 2.75) is 32.0 Å². The third-order valence-corrected chi connectivity index (χ3v) is 6.66. The van der Waals surface area contributed by atoms with Gasteiger partial charge in [-0.3, -0.25) is 19.8 Å². The first-order chi connectivity index (χ1) is 16.2. The van der Waals surface area contributed by atoms with Crippen LogP contribution in [0, 0.1) is 0 Å². The summed E-state index contributed by atoms with van der Waals surface area (Å²) in [5.41, 5.74) is 3.87. The van der Waals surface area contributed by atoms with Gasteiger partial charge in [0.1, 0.15) is 24.1 Å². The normalized spacial score (nSPS) is 19.5. The number of amides is 2. The van der Waals surface area contributed by atoms with Gasteiger partial charge in [0.05, 0.1) is 25.0 Å². The number of nitrogens with zero attached hydrogens (tertiary/aromatic N) is 4. The Labute approximate surface area is 195 Å². The Balaban J connectivity index is 1.28. The van der Waals surface area contributed by atoms with Crippen LogP contribution in [0.5, 0.6) is 5.75 Å². The van der Waals surface area contributed by atoms with Crippen LogP contribution in [-0.2, 0) is 27.5 Å². The second-order valence-electron chi connectivity index (χ2n) is 8.15. The van der Waals surface area contributed by atoms with E-state index in [4.69, 9.17) is 9.47 Å². The van der Waals surface area contributed by atoms with Crippen LogP contribution < -0.4 is 10.1 Å².